The van der Waals surface area contributed by atoms with Crippen molar-refractivity contribution in [1.82, 2.24) is 4.90 Å². The first-order chi connectivity index (χ1) is 6.90. The van der Waals surface area contributed by atoms with Gasteiger partial charge in [0, 0.05) is 24.8 Å². The van der Waals surface area contributed by atoms with E-state index in [0.29, 0.717) is 5.88 Å². The lowest BCUT2D eigenvalue weighted by atomic mass is 10.2. The van der Waals surface area contributed by atoms with E-state index in [-0.39, 0.29) is 0 Å². The second kappa shape index (κ2) is 4.34. The first-order valence-corrected chi connectivity index (χ1v) is 5.21. The van der Waals surface area contributed by atoms with E-state index in [2.05, 4.69) is 35.4 Å². The van der Waals surface area contributed by atoms with Gasteiger partial charge in [-0.25, -0.2) is 0 Å². The first-order valence-electron chi connectivity index (χ1n) is 4.67. The Hall–Kier alpha value is -1.21. The van der Waals surface area contributed by atoms with Crippen LogP contribution >= 0.6 is 11.6 Å². The average molecular weight is 206 g/mol. The van der Waals surface area contributed by atoms with E-state index in [4.69, 9.17) is 11.6 Å². The fraction of sp³-hybridized carbons (Fsp3) is 0.167. The van der Waals surface area contributed by atoms with E-state index in [1.807, 2.05) is 18.3 Å². The summed E-state index contributed by atoms with van der Waals surface area (Å²) in [7, 11) is 0. The van der Waals surface area contributed by atoms with Crippen LogP contribution in [0, 0.1) is 0 Å². The molecule has 1 nitrogen and oxygen atoms in total. The van der Waals surface area contributed by atoms with Gasteiger partial charge in [0.2, 0.25) is 0 Å². The number of fused-ring (bicyclic) bond motifs is 1. The molecule has 14 heavy (non-hydrogen) atoms. The van der Waals surface area contributed by atoms with Crippen molar-refractivity contribution in [3.63, 3.8) is 0 Å². The smallest absolute Gasteiger partial charge is 0.0403 e. The van der Waals surface area contributed by atoms with Crippen LogP contribution < -0.4 is 10.4 Å². The number of halogens is 1. The highest BCUT2D eigenvalue weighted by Crippen LogP contribution is 1.95. The topological polar surface area (TPSA) is 3.24 Å². The van der Waals surface area contributed by atoms with Gasteiger partial charge in [-0.15, -0.1) is 11.6 Å². The average Bonchev–Trinajstić information content (AvgIpc) is 2.40. The quantitative estimate of drug-likeness (QED) is 0.658. The predicted octanol–water partition coefficient (Wildman–Crippen LogP) is 1.27. The zero-order chi connectivity index (χ0) is 9.80. The molecular formula is C12H12ClN. The van der Waals surface area contributed by atoms with E-state index in [1.54, 1.807) is 0 Å². The highest BCUT2D eigenvalue weighted by Gasteiger charge is 1.95. The maximum Gasteiger partial charge on any atom is 0.0403 e. The van der Waals surface area contributed by atoms with E-state index < -0.39 is 0 Å². The van der Waals surface area contributed by atoms with Gasteiger partial charge in [0.25, 0.3) is 0 Å². The Bertz CT molecular complexity index is 448. The molecule has 0 aliphatic carbocycles. The maximum atomic E-state index is 5.71. The number of hydrogen-bond donors (Lipinski definition) is 0. The van der Waals surface area contributed by atoms with Gasteiger partial charge in [0.15, 0.2) is 0 Å². The van der Waals surface area contributed by atoms with Crippen molar-refractivity contribution in [2.24, 2.45) is 0 Å². The summed E-state index contributed by atoms with van der Waals surface area (Å²) in [6.07, 6.45) is 8.33. The molecular weight excluding hydrogens is 194 g/mol. The molecule has 0 fully saturated rings. The highest BCUT2D eigenvalue weighted by atomic mass is 35.5. The molecule has 0 bridgehead atoms. The summed E-state index contributed by atoms with van der Waals surface area (Å²) in [5.41, 5.74) is 0. The van der Waals surface area contributed by atoms with Gasteiger partial charge in [0.05, 0.1) is 0 Å². The standard InChI is InChI=1S/C12H12ClN/c13-7-9-14-8-3-6-11-4-1-2-5-12(11)10-14/h1-6,8,10H,7,9H2. The molecule has 0 unspecified atom stereocenters. The lowest BCUT2D eigenvalue weighted by Crippen LogP contribution is -2.26. The van der Waals surface area contributed by atoms with E-state index in [9.17, 15) is 0 Å². The molecule has 0 aromatic heterocycles. The summed E-state index contributed by atoms with van der Waals surface area (Å²) in [5, 5.41) is 2.49. The van der Waals surface area contributed by atoms with Crippen LogP contribution in [0.2, 0.25) is 0 Å². The van der Waals surface area contributed by atoms with Crippen LogP contribution in [0.1, 0.15) is 0 Å². The largest absolute Gasteiger partial charge is 0.352 e. The summed E-state index contributed by atoms with van der Waals surface area (Å²) < 4.78 is 0. The molecule has 1 aliphatic heterocycles. The Balaban J connectivity index is 2.47. The van der Waals surface area contributed by atoms with Crippen LogP contribution in [0.5, 0.6) is 0 Å². The zero-order valence-electron chi connectivity index (χ0n) is 7.86. The molecule has 0 atom stereocenters. The van der Waals surface area contributed by atoms with Crippen LogP contribution in [0.4, 0.5) is 0 Å². The van der Waals surface area contributed by atoms with Gasteiger partial charge in [-0.3, -0.25) is 0 Å². The SMILES string of the molecule is ClCCN1C=CC=c2ccccc2=C1. The van der Waals surface area contributed by atoms with Gasteiger partial charge in [-0.05, 0) is 16.5 Å². The van der Waals surface area contributed by atoms with Crippen LogP contribution in [-0.4, -0.2) is 17.3 Å². The summed E-state index contributed by atoms with van der Waals surface area (Å²) in [5.74, 6) is 0.642. The van der Waals surface area contributed by atoms with Gasteiger partial charge >= 0.3 is 0 Å². The second-order valence-corrected chi connectivity index (χ2v) is 3.57. The van der Waals surface area contributed by atoms with Crippen molar-refractivity contribution in [3.05, 3.63) is 47.0 Å². The molecule has 2 heteroatoms. The summed E-state index contributed by atoms with van der Waals surface area (Å²) in [4.78, 5) is 2.11. The third kappa shape index (κ3) is 1.99. The number of alkyl halides is 1. The number of allylic oxidation sites excluding steroid dienone is 1. The monoisotopic (exact) mass is 205 g/mol. The number of benzene rings is 1. The number of rotatable bonds is 2. The fourth-order valence-electron chi connectivity index (χ4n) is 1.50. The Morgan fingerprint density at radius 2 is 1.93 bits per heavy atom. The molecule has 1 aromatic rings. The van der Waals surface area contributed by atoms with Gasteiger partial charge < -0.3 is 4.90 Å². The lowest BCUT2D eigenvalue weighted by Gasteiger charge is -2.11. The van der Waals surface area contributed by atoms with Crippen molar-refractivity contribution in [2.45, 2.75) is 0 Å². The molecule has 0 saturated heterocycles. The minimum absolute atomic E-state index is 0.642. The summed E-state index contributed by atoms with van der Waals surface area (Å²) in [6, 6.07) is 8.32. The van der Waals surface area contributed by atoms with Gasteiger partial charge in [0.1, 0.15) is 0 Å². The minimum Gasteiger partial charge on any atom is -0.352 e. The zero-order valence-corrected chi connectivity index (χ0v) is 8.61. The maximum absolute atomic E-state index is 5.71. The Morgan fingerprint density at radius 1 is 1.14 bits per heavy atom. The fourth-order valence-corrected chi connectivity index (χ4v) is 1.69. The molecule has 72 valence electrons. The molecule has 0 amide bonds. The predicted molar refractivity (Wildman–Crippen MR) is 61.2 cm³/mol. The van der Waals surface area contributed by atoms with E-state index >= 15 is 0 Å². The molecule has 2 rings (SSSR count). The molecule has 1 aliphatic rings. The van der Waals surface area contributed by atoms with Crippen molar-refractivity contribution in [1.29, 1.82) is 0 Å². The Kier molecular flexibility index (Phi) is 2.90. The molecule has 0 N–H and O–H groups in total. The van der Waals surface area contributed by atoms with Crippen LogP contribution in [0.25, 0.3) is 12.3 Å². The number of nitrogens with zero attached hydrogens (tertiary/aromatic N) is 1. The van der Waals surface area contributed by atoms with Crippen LogP contribution in [-0.2, 0) is 0 Å². The van der Waals surface area contributed by atoms with Gasteiger partial charge in [-0.1, -0.05) is 30.3 Å². The van der Waals surface area contributed by atoms with Crippen LogP contribution in [0.15, 0.2) is 36.5 Å². The molecule has 0 radical (unpaired) electrons. The lowest BCUT2D eigenvalue weighted by molar-refractivity contribution is 0.586. The van der Waals surface area contributed by atoms with Crippen molar-refractivity contribution < 1.29 is 0 Å². The highest BCUT2D eigenvalue weighted by molar-refractivity contribution is 6.18. The second-order valence-electron chi connectivity index (χ2n) is 3.19. The van der Waals surface area contributed by atoms with Crippen molar-refractivity contribution in [2.75, 3.05) is 12.4 Å². The van der Waals surface area contributed by atoms with Crippen molar-refractivity contribution >= 4 is 23.9 Å². The third-order valence-corrected chi connectivity index (χ3v) is 2.37. The van der Waals surface area contributed by atoms with Crippen LogP contribution in [0.3, 0.4) is 0 Å². The van der Waals surface area contributed by atoms with E-state index in [1.165, 1.54) is 10.4 Å². The summed E-state index contributed by atoms with van der Waals surface area (Å²) in [6.45, 7) is 0.847. The van der Waals surface area contributed by atoms with E-state index in [0.717, 1.165) is 6.54 Å². The minimum atomic E-state index is 0.642. The molecule has 0 spiro atoms. The van der Waals surface area contributed by atoms with Gasteiger partial charge in [-0.2, -0.15) is 0 Å². The normalized spacial score (nSPS) is 13.9. The summed E-state index contributed by atoms with van der Waals surface area (Å²) >= 11 is 5.71. The Morgan fingerprint density at radius 3 is 2.71 bits per heavy atom. The first kappa shape index (κ1) is 9.35. The Labute approximate surface area is 88.6 Å². The molecule has 0 saturated carbocycles. The third-order valence-electron chi connectivity index (χ3n) is 2.20. The molecule has 1 aromatic carbocycles. The van der Waals surface area contributed by atoms with Crippen molar-refractivity contribution in [3.8, 4) is 0 Å². The number of hydrogen-bond acceptors (Lipinski definition) is 1. The molecule has 1 heterocycles.